The van der Waals surface area contributed by atoms with Gasteiger partial charge in [0.2, 0.25) is 0 Å². The summed E-state index contributed by atoms with van der Waals surface area (Å²) >= 11 is 8.44. The molecule has 186 valence electrons. The molecule has 1 aliphatic rings. The summed E-state index contributed by atoms with van der Waals surface area (Å²) in [6.07, 6.45) is 6.17. The molecule has 1 atom stereocenters. The molecule has 4 rings (SSSR count). The van der Waals surface area contributed by atoms with E-state index in [-0.39, 0.29) is 5.92 Å². The lowest BCUT2D eigenvalue weighted by Crippen LogP contribution is -2.28. The van der Waals surface area contributed by atoms with Gasteiger partial charge in [-0.2, -0.15) is 5.26 Å². The molecule has 0 saturated heterocycles. The Balaban J connectivity index is 1.46. The minimum absolute atomic E-state index is 0.235. The van der Waals surface area contributed by atoms with Crippen LogP contribution in [0.5, 0.6) is 0 Å². The van der Waals surface area contributed by atoms with Gasteiger partial charge in [-0.1, -0.05) is 60.8 Å². The number of rotatable bonds is 9. The van der Waals surface area contributed by atoms with Gasteiger partial charge in [-0.3, -0.25) is 4.99 Å². The zero-order valence-corrected chi connectivity index (χ0v) is 23.1. The van der Waals surface area contributed by atoms with Crippen LogP contribution in [0.2, 0.25) is 5.02 Å². The maximum atomic E-state index is 9.22. The lowest BCUT2D eigenvalue weighted by atomic mass is 9.93. The van der Waals surface area contributed by atoms with Gasteiger partial charge in [0.25, 0.3) is 0 Å². The van der Waals surface area contributed by atoms with Gasteiger partial charge in [-0.15, -0.1) is 0 Å². The van der Waals surface area contributed by atoms with Gasteiger partial charge in [0.1, 0.15) is 0 Å². The van der Waals surface area contributed by atoms with Crippen LogP contribution in [-0.2, 0) is 0 Å². The van der Waals surface area contributed by atoms with Gasteiger partial charge < -0.3 is 16.4 Å². The van der Waals surface area contributed by atoms with E-state index in [0.717, 1.165) is 33.4 Å². The summed E-state index contributed by atoms with van der Waals surface area (Å²) in [7, 11) is 0. The first kappa shape index (κ1) is 26.5. The van der Waals surface area contributed by atoms with Crippen LogP contribution < -0.4 is 16.4 Å². The topological polar surface area (TPSA) is 86.2 Å². The van der Waals surface area contributed by atoms with E-state index in [1.165, 1.54) is 31.2 Å². The molecule has 7 heteroatoms. The summed E-state index contributed by atoms with van der Waals surface area (Å²) in [6.45, 7) is 1.55. The van der Waals surface area contributed by atoms with Crippen LogP contribution in [0.1, 0.15) is 49.1 Å². The molecule has 5 nitrogen and oxygen atoms in total. The minimum atomic E-state index is 0.235. The molecular weight excluding hydrogens is 581 g/mol. The molecule has 0 aromatic heterocycles. The van der Waals surface area contributed by atoms with Crippen LogP contribution in [0.25, 0.3) is 11.1 Å². The highest BCUT2D eigenvalue weighted by Gasteiger charge is 2.16. The summed E-state index contributed by atoms with van der Waals surface area (Å²) < 4.78 is 0.993. The SMILES string of the molecule is N#Cc1cccc(-c2ccc(C(CCNC3CCCC3)CN=C(N)Nc3ccc(I)c(Cl)c3)cc2)c1. The van der Waals surface area contributed by atoms with E-state index in [1.54, 1.807) is 0 Å². The van der Waals surface area contributed by atoms with Crippen molar-refractivity contribution in [3.8, 4) is 17.2 Å². The fourth-order valence-corrected chi connectivity index (χ4v) is 5.16. The first-order valence-corrected chi connectivity index (χ1v) is 13.8. The number of nitriles is 1. The van der Waals surface area contributed by atoms with Crippen LogP contribution in [-0.4, -0.2) is 25.1 Å². The smallest absolute Gasteiger partial charge is 0.193 e. The van der Waals surface area contributed by atoms with Crippen LogP contribution in [0, 0.1) is 14.9 Å². The second-order valence-corrected chi connectivity index (χ2v) is 10.8. The molecular formula is C29H31ClIN5. The predicted octanol–water partition coefficient (Wildman–Crippen LogP) is 6.92. The van der Waals surface area contributed by atoms with Crippen LogP contribution in [0.15, 0.2) is 71.7 Å². The zero-order valence-electron chi connectivity index (χ0n) is 20.2. The number of aliphatic imine (C=N–C) groups is 1. The van der Waals surface area contributed by atoms with Gasteiger partial charge in [0, 0.05) is 27.8 Å². The van der Waals surface area contributed by atoms with Crippen molar-refractivity contribution < 1.29 is 0 Å². The van der Waals surface area contributed by atoms with E-state index < -0.39 is 0 Å². The first-order chi connectivity index (χ1) is 17.5. The highest BCUT2D eigenvalue weighted by Crippen LogP contribution is 2.27. The van der Waals surface area contributed by atoms with Crippen LogP contribution in [0.3, 0.4) is 0 Å². The van der Waals surface area contributed by atoms with Crippen molar-refractivity contribution in [2.24, 2.45) is 10.7 Å². The summed E-state index contributed by atoms with van der Waals surface area (Å²) in [5, 5.41) is 16.8. The monoisotopic (exact) mass is 611 g/mol. The zero-order chi connectivity index (χ0) is 25.3. The quantitative estimate of drug-likeness (QED) is 0.139. The second kappa shape index (κ2) is 13.1. The molecule has 0 radical (unpaired) electrons. The molecule has 1 unspecified atom stereocenters. The predicted molar refractivity (Wildman–Crippen MR) is 158 cm³/mol. The number of nitrogens with zero attached hydrogens (tertiary/aromatic N) is 2. The number of halogens is 2. The number of hydrogen-bond donors (Lipinski definition) is 3. The molecule has 0 heterocycles. The Bertz CT molecular complexity index is 1230. The van der Waals surface area contributed by atoms with Crippen LogP contribution >= 0.6 is 34.2 Å². The largest absolute Gasteiger partial charge is 0.370 e. The van der Waals surface area contributed by atoms with Crippen molar-refractivity contribution in [1.29, 1.82) is 5.26 Å². The first-order valence-electron chi connectivity index (χ1n) is 12.4. The van der Waals surface area contributed by atoms with E-state index in [1.807, 2.05) is 42.5 Å². The Morgan fingerprint density at radius 3 is 2.58 bits per heavy atom. The molecule has 0 amide bonds. The Morgan fingerprint density at radius 1 is 1.08 bits per heavy atom. The van der Waals surface area contributed by atoms with Crippen molar-refractivity contribution in [1.82, 2.24) is 5.32 Å². The summed E-state index contributed by atoms with van der Waals surface area (Å²) in [6, 6.07) is 24.9. The maximum absolute atomic E-state index is 9.22. The number of guanidine groups is 1. The van der Waals surface area contributed by atoms with Crippen molar-refractivity contribution in [2.45, 2.75) is 44.1 Å². The standard InChI is InChI=1S/C29H31ClIN5/c30-27-17-26(12-13-28(27)31)36-29(33)35-19-24(14-15-34-25-6-1-2-7-25)22-10-8-21(9-11-22)23-5-3-4-20(16-23)18-32/h3-5,8-13,16-17,24-25,34H,1-2,6-7,14-15,19H2,(H3,33,35,36). The van der Waals surface area contributed by atoms with Crippen molar-refractivity contribution in [3.05, 3.63) is 86.4 Å². The Labute approximate surface area is 232 Å². The minimum Gasteiger partial charge on any atom is -0.370 e. The van der Waals surface area contributed by atoms with Crippen molar-refractivity contribution in [3.63, 3.8) is 0 Å². The molecule has 1 aliphatic carbocycles. The average Bonchev–Trinajstić information content (AvgIpc) is 3.42. The lowest BCUT2D eigenvalue weighted by Gasteiger charge is -2.19. The van der Waals surface area contributed by atoms with E-state index in [0.29, 0.717) is 29.1 Å². The molecule has 1 saturated carbocycles. The summed E-state index contributed by atoms with van der Waals surface area (Å²) in [5.74, 6) is 0.616. The lowest BCUT2D eigenvalue weighted by molar-refractivity contribution is 0.490. The van der Waals surface area contributed by atoms with Gasteiger partial charge in [0.15, 0.2) is 5.96 Å². The number of benzene rings is 3. The second-order valence-electron chi connectivity index (χ2n) is 9.22. The van der Waals surface area contributed by atoms with Gasteiger partial charge in [-0.25, -0.2) is 0 Å². The van der Waals surface area contributed by atoms with Gasteiger partial charge in [0.05, 0.1) is 16.7 Å². The molecule has 3 aromatic rings. The third-order valence-corrected chi connectivity index (χ3v) is 8.23. The van der Waals surface area contributed by atoms with E-state index in [4.69, 9.17) is 17.3 Å². The highest BCUT2D eigenvalue weighted by atomic mass is 127. The number of hydrogen-bond acceptors (Lipinski definition) is 3. The van der Waals surface area contributed by atoms with Crippen molar-refractivity contribution in [2.75, 3.05) is 18.4 Å². The Hall–Kier alpha value is -2.60. The van der Waals surface area contributed by atoms with Gasteiger partial charge in [-0.05, 0) is 95.4 Å². The number of nitrogens with one attached hydrogen (secondary N) is 2. The third kappa shape index (κ3) is 7.45. The molecule has 4 N–H and O–H groups in total. The molecule has 0 spiro atoms. The van der Waals surface area contributed by atoms with Crippen LogP contribution in [0.4, 0.5) is 5.69 Å². The van der Waals surface area contributed by atoms with E-state index in [2.05, 4.69) is 68.6 Å². The summed E-state index contributed by atoms with van der Waals surface area (Å²) in [5.41, 5.74) is 11.1. The number of nitrogens with two attached hydrogens (primary N) is 1. The summed E-state index contributed by atoms with van der Waals surface area (Å²) in [4.78, 5) is 4.68. The average molecular weight is 612 g/mol. The molecule has 36 heavy (non-hydrogen) atoms. The third-order valence-electron chi connectivity index (χ3n) is 6.66. The van der Waals surface area contributed by atoms with E-state index >= 15 is 0 Å². The fourth-order valence-electron chi connectivity index (χ4n) is 4.64. The van der Waals surface area contributed by atoms with Crippen molar-refractivity contribution >= 4 is 45.8 Å². The molecule has 0 bridgehead atoms. The highest BCUT2D eigenvalue weighted by molar-refractivity contribution is 14.1. The Kier molecular flexibility index (Phi) is 9.62. The molecule has 0 aliphatic heterocycles. The number of anilines is 1. The van der Waals surface area contributed by atoms with Gasteiger partial charge >= 0.3 is 0 Å². The molecule has 3 aromatic carbocycles. The Morgan fingerprint density at radius 2 is 1.86 bits per heavy atom. The fraction of sp³-hybridized carbons (Fsp3) is 0.310. The maximum Gasteiger partial charge on any atom is 0.193 e. The normalized spacial score (nSPS) is 15.0. The van der Waals surface area contributed by atoms with E-state index in [9.17, 15) is 5.26 Å². The molecule has 1 fully saturated rings.